The number of rotatable bonds is 4. The van der Waals surface area contributed by atoms with Crippen molar-refractivity contribution >= 4 is 5.91 Å². The highest BCUT2D eigenvalue weighted by atomic mass is 16.2. The lowest BCUT2D eigenvalue weighted by Crippen LogP contribution is -2.47. The van der Waals surface area contributed by atoms with E-state index in [1.165, 1.54) is 25.7 Å². The number of likely N-dealkylation sites (tertiary alicyclic amines) is 1. The molecule has 1 heterocycles. The highest BCUT2D eigenvalue weighted by Crippen LogP contribution is 2.44. The monoisotopic (exact) mass is 265 g/mol. The Kier molecular flexibility index (Phi) is 4.58. The lowest BCUT2D eigenvalue weighted by molar-refractivity contribution is -0.141. The van der Waals surface area contributed by atoms with E-state index in [1.54, 1.807) is 0 Å². The van der Waals surface area contributed by atoms with Gasteiger partial charge in [0.1, 0.15) is 0 Å². The first kappa shape index (κ1) is 14.9. The molecule has 2 aliphatic rings. The third-order valence-corrected chi connectivity index (χ3v) is 5.46. The van der Waals surface area contributed by atoms with Crippen LogP contribution in [0.15, 0.2) is 0 Å². The minimum Gasteiger partial charge on any atom is -0.336 e. The van der Waals surface area contributed by atoms with Crippen molar-refractivity contribution in [3.05, 3.63) is 0 Å². The predicted molar refractivity (Wildman–Crippen MR) is 79.8 cm³/mol. The van der Waals surface area contributed by atoms with Gasteiger partial charge in [-0.05, 0) is 43.4 Å². The van der Waals surface area contributed by atoms with Gasteiger partial charge in [0.05, 0.1) is 0 Å². The second-order valence-corrected chi connectivity index (χ2v) is 7.31. The Balaban J connectivity index is 2.20. The molecule has 0 N–H and O–H groups in total. The summed E-state index contributed by atoms with van der Waals surface area (Å²) in [5.41, 5.74) is 0. The zero-order chi connectivity index (χ0) is 14.2. The average molecular weight is 265 g/mol. The lowest BCUT2D eigenvalue weighted by Gasteiger charge is -2.36. The zero-order valence-corrected chi connectivity index (χ0v) is 13.4. The van der Waals surface area contributed by atoms with Crippen molar-refractivity contribution in [2.24, 2.45) is 23.7 Å². The van der Waals surface area contributed by atoms with Gasteiger partial charge in [0.25, 0.3) is 0 Å². The van der Waals surface area contributed by atoms with Crippen LogP contribution in [0.3, 0.4) is 0 Å². The first-order valence-corrected chi connectivity index (χ1v) is 8.29. The van der Waals surface area contributed by atoms with E-state index in [-0.39, 0.29) is 5.92 Å². The molecule has 4 atom stereocenters. The molecule has 1 amide bonds. The van der Waals surface area contributed by atoms with Gasteiger partial charge in [-0.25, -0.2) is 0 Å². The molecule has 0 bridgehead atoms. The zero-order valence-electron chi connectivity index (χ0n) is 13.4. The van der Waals surface area contributed by atoms with Gasteiger partial charge in [0, 0.05) is 18.0 Å². The van der Waals surface area contributed by atoms with Crippen LogP contribution in [0.1, 0.15) is 66.7 Å². The van der Waals surface area contributed by atoms with Gasteiger partial charge in [-0.1, -0.05) is 41.0 Å². The van der Waals surface area contributed by atoms with Crippen molar-refractivity contribution in [3.63, 3.8) is 0 Å². The van der Waals surface area contributed by atoms with Crippen LogP contribution in [-0.4, -0.2) is 22.9 Å². The summed E-state index contributed by atoms with van der Waals surface area (Å²) in [6, 6.07) is 1.06. The number of hydrogen-bond donors (Lipinski definition) is 0. The van der Waals surface area contributed by atoms with Gasteiger partial charge in [0.15, 0.2) is 0 Å². The molecule has 19 heavy (non-hydrogen) atoms. The van der Waals surface area contributed by atoms with Crippen LogP contribution >= 0.6 is 0 Å². The highest BCUT2D eigenvalue weighted by Gasteiger charge is 2.47. The van der Waals surface area contributed by atoms with Crippen molar-refractivity contribution in [2.45, 2.75) is 78.8 Å². The van der Waals surface area contributed by atoms with Crippen molar-refractivity contribution in [1.29, 1.82) is 0 Å². The average Bonchev–Trinajstić information content (AvgIpc) is 2.87. The Bertz CT molecular complexity index is 323. The van der Waals surface area contributed by atoms with Crippen molar-refractivity contribution in [2.75, 3.05) is 0 Å². The maximum atomic E-state index is 13.0. The van der Waals surface area contributed by atoms with Crippen molar-refractivity contribution < 1.29 is 4.79 Å². The first-order valence-electron chi connectivity index (χ1n) is 8.29. The topological polar surface area (TPSA) is 20.3 Å². The Hall–Kier alpha value is -0.530. The second-order valence-electron chi connectivity index (χ2n) is 7.31. The number of hydrogen-bond acceptors (Lipinski definition) is 1. The number of amides is 1. The van der Waals surface area contributed by atoms with E-state index in [4.69, 9.17) is 0 Å². The smallest absolute Gasteiger partial charge is 0.226 e. The van der Waals surface area contributed by atoms with Crippen LogP contribution in [0.2, 0.25) is 0 Å². The molecule has 0 aromatic carbocycles. The number of nitrogens with zero attached hydrogens (tertiary/aromatic N) is 1. The summed E-state index contributed by atoms with van der Waals surface area (Å²) in [5.74, 6) is 2.53. The van der Waals surface area contributed by atoms with Gasteiger partial charge < -0.3 is 4.90 Å². The minimum atomic E-state index is 0.223. The molecule has 2 fully saturated rings. The molecule has 1 saturated heterocycles. The van der Waals surface area contributed by atoms with E-state index in [2.05, 4.69) is 39.5 Å². The van der Waals surface area contributed by atoms with Gasteiger partial charge in [-0.15, -0.1) is 0 Å². The van der Waals surface area contributed by atoms with Crippen molar-refractivity contribution in [1.82, 2.24) is 4.90 Å². The maximum Gasteiger partial charge on any atom is 0.226 e. The largest absolute Gasteiger partial charge is 0.336 e. The molecule has 1 saturated carbocycles. The van der Waals surface area contributed by atoms with E-state index in [0.29, 0.717) is 29.8 Å². The molecular formula is C17H31NO. The fraction of sp³-hybridized carbons (Fsp3) is 0.941. The molecule has 110 valence electrons. The Morgan fingerprint density at radius 2 is 1.89 bits per heavy atom. The summed E-state index contributed by atoms with van der Waals surface area (Å²) >= 11 is 0. The number of fused-ring (bicyclic) bond motifs is 1. The third-order valence-electron chi connectivity index (χ3n) is 5.46. The van der Waals surface area contributed by atoms with E-state index < -0.39 is 0 Å². The van der Waals surface area contributed by atoms with Gasteiger partial charge in [0.2, 0.25) is 5.91 Å². The van der Waals surface area contributed by atoms with E-state index in [0.717, 1.165) is 12.3 Å². The van der Waals surface area contributed by atoms with Crippen LogP contribution < -0.4 is 0 Å². The van der Waals surface area contributed by atoms with Crippen LogP contribution in [0.5, 0.6) is 0 Å². The predicted octanol–water partition coefficient (Wildman–Crippen LogP) is 4.09. The second kappa shape index (κ2) is 5.85. The standard InChI is InChI=1S/C17H31NO/c1-6-14(11(2)3)17(19)18-15-9-7-8-13(15)10-16(18)12(4)5/h11-16H,6-10H2,1-5H3/t13?,14?,15?,16-/m0/s1. The molecular weight excluding hydrogens is 234 g/mol. The molecule has 3 unspecified atom stereocenters. The molecule has 2 rings (SSSR count). The highest BCUT2D eigenvalue weighted by molar-refractivity contribution is 5.80. The first-order chi connectivity index (χ1) is 8.97. The maximum absolute atomic E-state index is 13.0. The fourth-order valence-electron chi connectivity index (χ4n) is 4.37. The fourth-order valence-corrected chi connectivity index (χ4v) is 4.37. The molecule has 2 heteroatoms. The van der Waals surface area contributed by atoms with Crippen LogP contribution in [-0.2, 0) is 4.79 Å². The third kappa shape index (κ3) is 2.68. The van der Waals surface area contributed by atoms with Crippen LogP contribution in [0, 0.1) is 23.7 Å². The summed E-state index contributed by atoms with van der Waals surface area (Å²) in [6.07, 6.45) is 6.14. The molecule has 0 aromatic rings. The molecule has 0 radical (unpaired) electrons. The molecule has 2 nitrogen and oxygen atoms in total. The Morgan fingerprint density at radius 3 is 2.42 bits per heavy atom. The molecule has 0 spiro atoms. The summed E-state index contributed by atoms with van der Waals surface area (Å²) in [6.45, 7) is 11.1. The normalized spacial score (nSPS) is 32.2. The Morgan fingerprint density at radius 1 is 1.21 bits per heavy atom. The summed E-state index contributed by atoms with van der Waals surface area (Å²) in [7, 11) is 0. The Labute approximate surface area is 118 Å². The molecule has 0 aromatic heterocycles. The van der Waals surface area contributed by atoms with Crippen molar-refractivity contribution in [3.8, 4) is 0 Å². The summed E-state index contributed by atoms with van der Waals surface area (Å²) < 4.78 is 0. The van der Waals surface area contributed by atoms with Gasteiger partial charge >= 0.3 is 0 Å². The van der Waals surface area contributed by atoms with Gasteiger partial charge in [-0.3, -0.25) is 4.79 Å². The van der Waals surface area contributed by atoms with E-state index >= 15 is 0 Å². The molecule has 1 aliphatic carbocycles. The SMILES string of the molecule is CCC(C(=O)N1C2CCCC2C[C@H]1C(C)C)C(C)C. The molecule has 1 aliphatic heterocycles. The lowest BCUT2D eigenvalue weighted by atomic mass is 9.90. The number of carbonyl (C=O) groups is 1. The van der Waals surface area contributed by atoms with Crippen LogP contribution in [0.4, 0.5) is 0 Å². The minimum absolute atomic E-state index is 0.223. The van der Waals surface area contributed by atoms with Crippen LogP contribution in [0.25, 0.3) is 0 Å². The summed E-state index contributed by atoms with van der Waals surface area (Å²) in [4.78, 5) is 15.3. The van der Waals surface area contributed by atoms with Gasteiger partial charge in [-0.2, -0.15) is 0 Å². The summed E-state index contributed by atoms with van der Waals surface area (Å²) in [5, 5.41) is 0. The van der Waals surface area contributed by atoms with E-state index in [9.17, 15) is 4.79 Å². The number of carbonyl (C=O) groups excluding carboxylic acids is 1. The van der Waals surface area contributed by atoms with E-state index in [1.807, 2.05) is 0 Å². The quantitative estimate of drug-likeness (QED) is 0.749.